The van der Waals surface area contributed by atoms with Crippen LogP contribution < -0.4 is 0 Å². The molecule has 4 rings (SSSR count). The molecule has 158 valence electrons. The van der Waals surface area contributed by atoms with Crippen LogP contribution in [0.25, 0.3) is 11.3 Å². The van der Waals surface area contributed by atoms with Crippen molar-refractivity contribution in [1.29, 1.82) is 0 Å². The Morgan fingerprint density at radius 2 is 1.97 bits per heavy atom. The highest BCUT2D eigenvalue weighted by molar-refractivity contribution is 5.67. The van der Waals surface area contributed by atoms with E-state index in [4.69, 9.17) is 0 Å². The largest absolute Gasteiger partial charge is 0.396 e. The van der Waals surface area contributed by atoms with Crippen molar-refractivity contribution in [1.82, 2.24) is 15.1 Å². The number of aliphatic hydroxyl groups is 1. The number of nitrogens with one attached hydrogen (secondary N) is 1. The number of aryl methyl sites for hydroxylation is 2. The monoisotopic (exact) mass is 407 g/mol. The molecular formula is C25H30FN3O. The predicted molar refractivity (Wildman–Crippen MR) is 118 cm³/mol. The van der Waals surface area contributed by atoms with E-state index >= 15 is 0 Å². The topological polar surface area (TPSA) is 52.2 Å². The number of nitrogens with zero attached hydrogens (tertiary/aromatic N) is 2. The van der Waals surface area contributed by atoms with Crippen LogP contribution in [-0.2, 0) is 13.0 Å². The third kappa shape index (κ3) is 4.47. The third-order valence-electron chi connectivity index (χ3n) is 6.34. The number of hydrogen-bond acceptors (Lipinski definition) is 3. The first-order valence-corrected chi connectivity index (χ1v) is 10.7. The summed E-state index contributed by atoms with van der Waals surface area (Å²) in [4.78, 5) is 2.42. The van der Waals surface area contributed by atoms with Gasteiger partial charge < -0.3 is 5.11 Å². The lowest BCUT2D eigenvalue weighted by Crippen LogP contribution is -2.46. The van der Waals surface area contributed by atoms with Gasteiger partial charge in [0.25, 0.3) is 0 Å². The molecule has 2 heterocycles. The van der Waals surface area contributed by atoms with Gasteiger partial charge in [-0.15, -0.1) is 0 Å². The van der Waals surface area contributed by atoms with Gasteiger partial charge in [-0.25, -0.2) is 4.39 Å². The summed E-state index contributed by atoms with van der Waals surface area (Å²) in [6.45, 7) is 6.98. The second-order valence-electron chi connectivity index (χ2n) is 8.86. The van der Waals surface area contributed by atoms with Crippen molar-refractivity contribution >= 4 is 0 Å². The number of benzene rings is 2. The highest BCUT2D eigenvalue weighted by Gasteiger charge is 2.35. The zero-order valence-electron chi connectivity index (χ0n) is 17.8. The zero-order chi connectivity index (χ0) is 21.1. The molecule has 30 heavy (non-hydrogen) atoms. The van der Waals surface area contributed by atoms with Crippen molar-refractivity contribution < 1.29 is 9.50 Å². The quantitative estimate of drug-likeness (QED) is 0.625. The summed E-state index contributed by atoms with van der Waals surface area (Å²) in [6, 6.07) is 13.2. The standard InChI is InChI=1S/C25H30FN3O/c1-18-4-5-19(2)23(12-18)24-21(14-27-28-24)15-29-11-3-10-25(16-29,17-30)13-20-6-8-22(26)9-7-20/h4-9,12,14,30H,3,10-11,13,15-17H2,1-2H3,(H,27,28)/t25-/m0/s1. The number of hydrogen-bond donors (Lipinski definition) is 2. The number of aromatic nitrogens is 2. The van der Waals surface area contributed by atoms with Crippen LogP contribution in [0.2, 0.25) is 0 Å². The Labute approximate surface area is 177 Å². The van der Waals surface area contributed by atoms with Gasteiger partial charge >= 0.3 is 0 Å². The maximum absolute atomic E-state index is 13.3. The minimum Gasteiger partial charge on any atom is -0.396 e. The van der Waals surface area contributed by atoms with E-state index in [1.807, 2.05) is 18.3 Å². The second kappa shape index (κ2) is 8.70. The minimum atomic E-state index is -0.221. The van der Waals surface area contributed by atoms with Crippen LogP contribution in [0.3, 0.4) is 0 Å². The average Bonchev–Trinajstić information content (AvgIpc) is 3.19. The van der Waals surface area contributed by atoms with Gasteiger partial charge in [0.1, 0.15) is 5.82 Å². The second-order valence-corrected chi connectivity index (χ2v) is 8.86. The van der Waals surface area contributed by atoms with E-state index in [-0.39, 0.29) is 17.8 Å². The number of aliphatic hydroxyl groups excluding tert-OH is 1. The van der Waals surface area contributed by atoms with Crippen LogP contribution in [0.4, 0.5) is 4.39 Å². The van der Waals surface area contributed by atoms with E-state index in [0.29, 0.717) is 0 Å². The smallest absolute Gasteiger partial charge is 0.123 e. The normalized spacial score (nSPS) is 19.9. The lowest BCUT2D eigenvalue weighted by molar-refractivity contribution is 0.0289. The Morgan fingerprint density at radius 3 is 2.73 bits per heavy atom. The SMILES string of the molecule is Cc1ccc(C)c(-c2[nH]ncc2CN2CCC[C@](CO)(Cc3ccc(F)cc3)C2)c1. The Bertz CT molecular complexity index is 998. The van der Waals surface area contributed by atoms with Crippen LogP contribution in [0.5, 0.6) is 0 Å². The zero-order valence-corrected chi connectivity index (χ0v) is 17.8. The summed E-state index contributed by atoms with van der Waals surface area (Å²) in [7, 11) is 0. The van der Waals surface area contributed by atoms with E-state index in [1.165, 1.54) is 34.4 Å². The number of aromatic amines is 1. The first-order chi connectivity index (χ1) is 14.5. The Balaban J connectivity index is 1.52. The molecule has 2 N–H and O–H groups in total. The van der Waals surface area contributed by atoms with Gasteiger partial charge in [-0.3, -0.25) is 10.00 Å². The van der Waals surface area contributed by atoms with Crippen LogP contribution in [0.1, 0.15) is 35.1 Å². The molecule has 5 heteroatoms. The summed E-state index contributed by atoms with van der Waals surface area (Å²) in [5.41, 5.74) is 6.79. The minimum absolute atomic E-state index is 0.135. The van der Waals surface area contributed by atoms with Crippen LogP contribution in [0.15, 0.2) is 48.7 Å². The first-order valence-electron chi connectivity index (χ1n) is 10.7. The molecule has 1 atom stereocenters. The molecule has 0 radical (unpaired) electrons. The maximum Gasteiger partial charge on any atom is 0.123 e. The van der Waals surface area contributed by atoms with Crippen molar-refractivity contribution in [3.8, 4) is 11.3 Å². The highest BCUT2D eigenvalue weighted by atomic mass is 19.1. The average molecular weight is 408 g/mol. The summed E-state index contributed by atoms with van der Waals surface area (Å²) < 4.78 is 13.3. The van der Waals surface area contributed by atoms with Gasteiger partial charge in [-0.2, -0.15) is 5.10 Å². The maximum atomic E-state index is 13.3. The lowest BCUT2D eigenvalue weighted by Gasteiger charge is -2.42. The molecule has 0 spiro atoms. The summed E-state index contributed by atoms with van der Waals surface area (Å²) in [5.74, 6) is -0.221. The van der Waals surface area contributed by atoms with Gasteiger partial charge in [0.05, 0.1) is 18.5 Å². The van der Waals surface area contributed by atoms with E-state index in [9.17, 15) is 9.50 Å². The summed E-state index contributed by atoms with van der Waals surface area (Å²) >= 11 is 0. The molecule has 1 aromatic heterocycles. The Hall–Kier alpha value is -2.50. The van der Waals surface area contributed by atoms with Gasteiger partial charge in [0.15, 0.2) is 0 Å². The van der Waals surface area contributed by atoms with Gasteiger partial charge in [0, 0.05) is 29.6 Å². The molecule has 0 saturated carbocycles. The highest BCUT2D eigenvalue weighted by Crippen LogP contribution is 2.35. The number of likely N-dealkylation sites (tertiary alicyclic amines) is 1. The van der Waals surface area contributed by atoms with Gasteiger partial charge in [-0.1, -0.05) is 29.8 Å². The number of H-pyrrole nitrogens is 1. The molecule has 0 aliphatic carbocycles. The van der Waals surface area contributed by atoms with Crippen LogP contribution in [0, 0.1) is 25.1 Å². The van der Waals surface area contributed by atoms with Crippen molar-refractivity contribution in [2.24, 2.45) is 5.41 Å². The van der Waals surface area contributed by atoms with Crippen molar-refractivity contribution in [2.75, 3.05) is 19.7 Å². The first kappa shape index (κ1) is 20.8. The van der Waals surface area contributed by atoms with E-state index in [2.05, 4.69) is 47.1 Å². The van der Waals surface area contributed by atoms with Crippen molar-refractivity contribution in [2.45, 2.75) is 39.7 Å². The molecule has 1 fully saturated rings. The molecule has 1 aliphatic rings. The fourth-order valence-electron chi connectivity index (χ4n) is 4.72. The van der Waals surface area contributed by atoms with E-state index < -0.39 is 0 Å². The molecule has 3 aromatic rings. The molecule has 1 aliphatic heterocycles. The van der Waals surface area contributed by atoms with Gasteiger partial charge in [0.2, 0.25) is 0 Å². The number of piperidine rings is 1. The third-order valence-corrected chi connectivity index (χ3v) is 6.34. The fourth-order valence-corrected chi connectivity index (χ4v) is 4.72. The molecule has 2 aromatic carbocycles. The summed E-state index contributed by atoms with van der Waals surface area (Å²) in [5, 5.41) is 17.8. The Kier molecular flexibility index (Phi) is 6.02. The van der Waals surface area contributed by atoms with E-state index in [1.54, 1.807) is 0 Å². The molecular weight excluding hydrogens is 377 g/mol. The molecule has 0 amide bonds. The lowest BCUT2D eigenvalue weighted by atomic mass is 9.75. The van der Waals surface area contributed by atoms with Crippen LogP contribution >= 0.6 is 0 Å². The number of rotatable bonds is 6. The Morgan fingerprint density at radius 1 is 1.17 bits per heavy atom. The molecule has 0 unspecified atom stereocenters. The predicted octanol–water partition coefficient (Wildman–Crippen LogP) is 4.65. The van der Waals surface area contributed by atoms with Crippen molar-refractivity contribution in [3.63, 3.8) is 0 Å². The van der Waals surface area contributed by atoms with Crippen LogP contribution in [-0.4, -0.2) is 39.9 Å². The summed E-state index contributed by atoms with van der Waals surface area (Å²) in [6.07, 6.45) is 4.70. The fraction of sp³-hybridized carbons (Fsp3) is 0.400. The van der Waals surface area contributed by atoms with E-state index in [0.717, 1.165) is 50.2 Å². The molecule has 1 saturated heterocycles. The number of halogens is 1. The molecule has 4 nitrogen and oxygen atoms in total. The van der Waals surface area contributed by atoms with Gasteiger partial charge in [-0.05, 0) is 69.0 Å². The van der Waals surface area contributed by atoms with Crippen molar-refractivity contribution in [3.05, 3.63) is 76.7 Å². The molecule has 0 bridgehead atoms.